The summed E-state index contributed by atoms with van der Waals surface area (Å²) >= 11 is 0. The first-order chi connectivity index (χ1) is 9.52. The van der Waals surface area contributed by atoms with E-state index in [2.05, 4.69) is 15.2 Å². The van der Waals surface area contributed by atoms with Crippen molar-refractivity contribution in [2.75, 3.05) is 53.0 Å². The summed E-state index contributed by atoms with van der Waals surface area (Å²) in [6.07, 6.45) is 0. The number of carbonyl (C=O) groups is 1. The fourth-order valence-electron chi connectivity index (χ4n) is 2.19. The van der Waals surface area contributed by atoms with Gasteiger partial charge in [0.05, 0.1) is 13.2 Å². The fraction of sp³-hybridized carbons (Fsp3) is 0.846. The number of hydrogen-bond acceptors (Lipinski definition) is 4. The summed E-state index contributed by atoms with van der Waals surface area (Å²) in [5.41, 5.74) is 5.79. The molecule has 0 aromatic heterocycles. The third-order valence-corrected chi connectivity index (χ3v) is 3.33. The Hall–Kier alpha value is -1.34. The van der Waals surface area contributed by atoms with Gasteiger partial charge in [-0.25, -0.2) is 0 Å². The predicted molar refractivity (Wildman–Crippen MR) is 79.7 cm³/mol. The minimum atomic E-state index is 0.155. The van der Waals surface area contributed by atoms with E-state index in [4.69, 9.17) is 10.5 Å². The van der Waals surface area contributed by atoms with Crippen molar-refractivity contribution in [3.05, 3.63) is 0 Å². The molecule has 0 aliphatic carbocycles. The van der Waals surface area contributed by atoms with Crippen LogP contribution in [0.1, 0.15) is 13.8 Å². The third kappa shape index (κ3) is 6.21. The van der Waals surface area contributed by atoms with Crippen LogP contribution in [0.2, 0.25) is 0 Å². The topological polar surface area (TPSA) is 83.2 Å². The highest BCUT2D eigenvalue weighted by molar-refractivity contribution is 5.78. The lowest BCUT2D eigenvalue weighted by Crippen LogP contribution is -2.48. The minimum Gasteiger partial charge on any atom is -0.383 e. The number of nitrogens with two attached hydrogens (primary N) is 1. The zero-order chi connectivity index (χ0) is 15.0. The fourth-order valence-corrected chi connectivity index (χ4v) is 2.19. The van der Waals surface area contributed by atoms with Crippen LogP contribution in [0.15, 0.2) is 4.99 Å². The van der Waals surface area contributed by atoms with E-state index in [9.17, 15) is 4.79 Å². The van der Waals surface area contributed by atoms with Crippen molar-refractivity contribution in [3.63, 3.8) is 0 Å². The van der Waals surface area contributed by atoms with E-state index in [-0.39, 0.29) is 11.9 Å². The van der Waals surface area contributed by atoms with Crippen LogP contribution in [0, 0.1) is 0 Å². The van der Waals surface area contributed by atoms with Gasteiger partial charge >= 0.3 is 0 Å². The van der Waals surface area contributed by atoms with Crippen LogP contribution in [0.4, 0.5) is 0 Å². The van der Waals surface area contributed by atoms with Gasteiger partial charge in [0.15, 0.2) is 5.96 Å². The predicted octanol–water partition coefficient (Wildman–Crippen LogP) is -0.910. The van der Waals surface area contributed by atoms with E-state index in [0.29, 0.717) is 19.1 Å². The van der Waals surface area contributed by atoms with Gasteiger partial charge in [-0.3, -0.25) is 14.7 Å². The summed E-state index contributed by atoms with van der Waals surface area (Å²) in [6, 6.07) is 0.155. The van der Waals surface area contributed by atoms with Gasteiger partial charge in [0.1, 0.15) is 0 Å². The molecule has 0 aromatic rings. The zero-order valence-corrected chi connectivity index (χ0v) is 12.8. The number of ether oxygens (including phenoxy) is 1. The Labute approximate surface area is 121 Å². The van der Waals surface area contributed by atoms with Gasteiger partial charge in [-0.15, -0.1) is 0 Å². The zero-order valence-electron chi connectivity index (χ0n) is 12.8. The molecule has 0 saturated carbocycles. The van der Waals surface area contributed by atoms with Gasteiger partial charge in [0, 0.05) is 52.8 Å². The second-order valence-electron chi connectivity index (χ2n) is 5.12. The number of methoxy groups -OCH3 is 1. The molecule has 20 heavy (non-hydrogen) atoms. The molecule has 1 saturated heterocycles. The SMILES string of the molecule is COCC(C)NC(N)=NCCN1CCN(C(C)=O)CC1. The Morgan fingerprint density at radius 2 is 2.05 bits per heavy atom. The van der Waals surface area contributed by atoms with Crippen molar-refractivity contribution in [1.29, 1.82) is 0 Å². The van der Waals surface area contributed by atoms with Crippen LogP contribution in [-0.2, 0) is 9.53 Å². The van der Waals surface area contributed by atoms with Gasteiger partial charge in [-0.1, -0.05) is 0 Å². The van der Waals surface area contributed by atoms with Crippen LogP contribution >= 0.6 is 0 Å². The number of amides is 1. The standard InChI is InChI=1S/C13H27N5O2/c1-11(10-20-3)16-13(14)15-4-5-17-6-8-18(9-7-17)12(2)19/h11H,4-10H2,1-3H3,(H3,14,15,16). The lowest BCUT2D eigenvalue weighted by atomic mass is 10.3. The maximum Gasteiger partial charge on any atom is 0.219 e. The molecule has 1 atom stereocenters. The largest absolute Gasteiger partial charge is 0.383 e. The third-order valence-electron chi connectivity index (χ3n) is 3.33. The van der Waals surface area contributed by atoms with Crippen LogP contribution < -0.4 is 11.1 Å². The molecule has 0 radical (unpaired) electrons. The molecule has 0 spiro atoms. The van der Waals surface area contributed by atoms with E-state index in [0.717, 1.165) is 32.7 Å². The number of rotatable bonds is 6. The molecular formula is C13H27N5O2. The maximum atomic E-state index is 11.2. The van der Waals surface area contributed by atoms with Crippen LogP contribution in [-0.4, -0.2) is 80.7 Å². The van der Waals surface area contributed by atoms with Crippen molar-refractivity contribution >= 4 is 11.9 Å². The van der Waals surface area contributed by atoms with Gasteiger partial charge in [0.25, 0.3) is 0 Å². The molecule has 1 fully saturated rings. The molecule has 116 valence electrons. The van der Waals surface area contributed by atoms with Gasteiger partial charge in [0.2, 0.25) is 5.91 Å². The Balaban J connectivity index is 2.19. The Kier molecular flexibility index (Phi) is 7.32. The normalized spacial score (nSPS) is 18.9. The van der Waals surface area contributed by atoms with Gasteiger partial charge in [-0.05, 0) is 6.92 Å². The van der Waals surface area contributed by atoms with Crippen molar-refractivity contribution in [1.82, 2.24) is 15.1 Å². The monoisotopic (exact) mass is 285 g/mol. The second-order valence-corrected chi connectivity index (χ2v) is 5.12. The van der Waals surface area contributed by atoms with Crippen LogP contribution in [0.5, 0.6) is 0 Å². The molecule has 0 bridgehead atoms. The Morgan fingerprint density at radius 1 is 1.40 bits per heavy atom. The molecule has 1 aliphatic rings. The number of guanidine groups is 1. The summed E-state index contributed by atoms with van der Waals surface area (Å²) in [4.78, 5) is 19.7. The highest BCUT2D eigenvalue weighted by Gasteiger charge is 2.17. The van der Waals surface area contributed by atoms with Gasteiger partial charge in [-0.2, -0.15) is 0 Å². The number of nitrogens with zero attached hydrogens (tertiary/aromatic N) is 3. The first-order valence-electron chi connectivity index (χ1n) is 7.06. The van der Waals surface area contributed by atoms with E-state index < -0.39 is 0 Å². The molecule has 7 heteroatoms. The smallest absolute Gasteiger partial charge is 0.219 e. The maximum absolute atomic E-state index is 11.2. The summed E-state index contributed by atoms with van der Waals surface area (Å²) in [6.45, 7) is 9.16. The minimum absolute atomic E-state index is 0.155. The highest BCUT2D eigenvalue weighted by Crippen LogP contribution is 2.01. The second kappa shape index (κ2) is 8.76. The van der Waals surface area contributed by atoms with Crippen LogP contribution in [0.3, 0.4) is 0 Å². The summed E-state index contributed by atoms with van der Waals surface area (Å²) < 4.78 is 5.02. The molecule has 1 unspecified atom stereocenters. The van der Waals surface area contributed by atoms with Crippen molar-refractivity contribution in [3.8, 4) is 0 Å². The summed E-state index contributed by atoms with van der Waals surface area (Å²) in [5.74, 6) is 0.611. The molecule has 7 nitrogen and oxygen atoms in total. The first kappa shape index (κ1) is 16.7. The average molecular weight is 285 g/mol. The molecule has 1 aliphatic heterocycles. The number of aliphatic imine (C=N–C) groups is 1. The lowest BCUT2D eigenvalue weighted by molar-refractivity contribution is -0.130. The number of piperazine rings is 1. The lowest BCUT2D eigenvalue weighted by Gasteiger charge is -2.33. The van der Waals surface area contributed by atoms with Crippen molar-refractivity contribution in [2.24, 2.45) is 10.7 Å². The Bertz CT molecular complexity index is 327. The molecule has 3 N–H and O–H groups in total. The van der Waals surface area contributed by atoms with E-state index in [1.807, 2.05) is 11.8 Å². The average Bonchev–Trinajstić information content (AvgIpc) is 2.39. The highest BCUT2D eigenvalue weighted by atomic mass is 16.5. The van der Waals surface area contributed by atoms with E-state index in [1.54, 1.807) is 14.0 Å². The van der Waals surface area contributed by atoms with Gasteiger partial charge < -0.3 is 20.7 Å². The van der Waals surface area contributed by atoms with Crippen molar-refractivity contribution in [2.45, 2.75) is 19.9 Å². The first-order valence-corrected chi connectivity index (χ1v) is 7.06. The number of hydrogen-bond donors (Lipinski definition) is 2. The molecule has 0 aromatic carbocycles. The van der Waals surface area contributed by atoms with Crippen molar-refractivity contribution < 1.29 is 9.53 Å². The Morgan fingerprint density at radius 3 is 2.60 bits per heavy atom. The quantitative estimate of drug-likeness (QED) is 0.488. The molecular weight excluding hydrogens is 258 g/mol. The van der Waals surface area contributed by atoms with E-state index >= 15 is 0 Å². The molecule has 1 amide bonds. The molecule has 1 rings (SSSR count). The number of nitrogens with one attached hydrogen (secondary N) is 1. The molecule has 1 heterocycles. The summed E-state index contributed by atoms with van der Waals surface area (Å²) in [7, 11) is 1.66. The van der Waals surface area contributed by atoms with Crippen LogP contribution in [0.25, 0.3) is 0 Å². The van der Waals surface area contributed by atoms with E-state index in [1.165, 1.54) is 0 Å². The number of carbonyl (C=O) groups excluding carboxylic acids is 1. The summed E-state index contributed by atoms with van der Waals surface area (Å²) in [5, 5.41) is 3.07.